The molecule has 1 saturated heterocycles. The van der Waals surface area contributed by atoms with Crippen molar-refractivity contribution in [3.63, 3.8) is 0 Å². The van der Waals surface area contributed by atoms with Crippen LogP contribution in [0.5, 0.6) is 0 Å². The predicted molar refractivity (Wildman–Crippen MR) is 48.0 cm³/mol. The first-order valence-electron chi connectivity index (χ1n) is 5.33. The van der Waals surface area contributed by atoms with Crippen molar-refractivity contribution in [3.8, 4) is 0 Å². The molecular formula is C10H17F2N. The van der Waals surface area contributed by atoms with Gasteiger partial charge in [-0.05, 0) is 32.2 Å². The van der Waals surface area contributed by atoms with Crippen LogP contribution in [0.15, 0.2) is 0 Å². The quantitative estimate of drug-likeness (QED) is 0.645. The summed E-state index contributed by atoms with van der Waals surface area (Å²) < 4.78 is 25.2. The number of halogens is 2. The molecule has 1 heterocycles. The Labute approximate surface area is 78.1 Å². The highest BCUT2D eigenvalue weighted by Crippen LogP contribution is 2.32. The lowest BCUT2D eigenvalue weighted by Crippen LogP contribution is -2.41. The van der Waals surface area contributed by atoms with Crippen molar-refractivity contribution in [3.05, 3.63) is 0 Å². The molecule has 1 aliphatic carbocycles. The summed E-state index contributed by atoms with van der Waals surface area (Å²) in [5, 5.41) is 0. The molecule has 0 aromatic carbocycles. The Morgan fingerprint density at radius 1 is 1.00 bits per heavy atom. The van der Waals surface area contributed by atoms with E-state index in [0.29, 0.717) is 12.5 Å². The van der Waals surface area contributed by atoms with Crippen LogP contribution in [-0.2, 0) is 0 Å². The minimum Gasteiger partial charge on any atom is -0.292 e. The maximum absolute atomic E-state index is 12.6. The van der Waals surface area contributed by atoms with Crippen molar-refractivity contribution < 1.29 is 8.78 Å². The Morgan fingerprint density at radius 3 is 2.31 bits per heavy atom. The highest BCUT2D eigenvalue weighted by molar-refractivity contribution is 4.88. The van der Waals surface area contributed by atoms with Crippen LogP contribution < -0.4 is 0 Å². The zero-order chi connectivity index (χ0) is 9.26. The largest absolute Gasteiger partial charge is 0.292 e. The van der Waals surface area contributed by atoms with E-state index in [1.807, 2.05) is 0 Å². The first-order chi connectivity index (χ1) is 6.29. The smallest absolute Gasteiger partial charge is 0.253 e. The molecule has 0 radical (unpaired) electrons. The predicted octanol–water partition coefficient (Wildman–Crippen LogP) is 2.66. The summed E-state index contributed by atoms with van der Waals surface area (Å²) >= 11 is 0. The van der Waals surface area contributed by atoms with Gasteiger partial charge in [-0.1, -0.05) is 12.8 Å². The Morgan fingerprint density at radius 2 is 1.69 bits per heavy atom. The molecule has 2 rings (SSSR count). The van der Waals surface area contributed by atoms with Gasteiger partial charge in [0.25, 0.3) is 6.43 Å². The molecule has 0 unspecified atom stereocenters. The van der Waals surface area contributed by atoms with Gasteiger partial charge in [-0.25, -0.2) is 8.78 Å². The van der Waals surface area contributed by atoms with Crippen LogP contribution in [0.25, 0.3) is 0 Å². The molecule has 13 heavy (non-hydrogen) atoms. The van der Waals surface area contributed by atoms with Crippen molar-refractivity contribution in [1.82, 2.24) is 4.90 Å². The summed E-state index contributed by atoms with van der Waals surface area (Å²) in [5.41, 5.74) is 0. The van der Waals surface area contributed by atoms with Gasteiger partial charge in [0.1, 0.15) is 0 Å². The van der Waals surface area contributed by atoms with Crippen LogP contribution in [0.2, 0.25) is 0 Å². The zero-order valence-corrected chi connectivity index (χ0v) is 7.88. The summed E-state index contributed by atoms with van der Waals surface area (Å²) in [6.45, 7) is 0.902. The Bertz CT molecular complexity index is 166. The molecule has 2 fully saturated rings. The van der Waals surface area contributed by atoms with E-state index in [2.05, 4.69) is 4.90 Å². The van der Waals surface area contributed by atoms with Gasteiger partial charge in [0, 0.05) is 6.04 Å². The van der Waals surface area contributed by atoms with Crippen molar-refractivity contribution in [2.75, 3.05) is 6.54 Å². The van der Waals surface area contributed by atoms with Crippen molar-refractivity contribution >= 4 is 0 Å². The number of alkyl halides is 2. The molecule has 0 N–H and O–H groups in total. The highest BCUT2D eigenvalue weighted by Gasteiger charge is 2.36. The third kappa shape index (κ3) is 1.85. The molecule has 3 heteroatoms. The summed E-state index contributed by atoms with van der Waals surface area (Å²) in [5.74, 6) is 0. The first-order valence-corrected chi connectivity index (χ1v) is 5.33. The minimum absolute atomic E-state index is 0.428. The molecule has 0 spiro atoms. The lowest BCUT2D eigenvalue weighted by molar-refractivity contribution is 0.0283. The third-order valence-electron chi connectivity index (χ3n) is 3.43. The number of nitrogens with zero attached hydrogens (tertiary/aromatic N) is 1. The van der Waals surface area contributed by atoms with E-state index in [1.165, 1.54) is 12.8 Å². The van der Waals surface area contributed by atoms with Crippen LogP contribution in [-0.4, -0.2) is 30.0 Å². The topological polar surface area (TPSA) is 3.24 Å². The number of likely N-dealkylation sites (tertiary alicyclic amines) is 1. The fraction of sp³-hybridized carbons (Fsp3) is 1.00. The van der Waals surface area contributed by atoms with E-state index >= 15 is 0 Å². The molecule has 0 aromatic rings. The molecule has 1 aliphatic heterocycles. The van der Waals surface area contributed by atoms with E-state index in [0.717, 1.165) is 25.8 Å². The van der Waals surface area contributed by atoms with Gasteiger partial charge in [0.2, 0.25) is 0 Å². The van der Waals surface area contributed by atoms with Crippen molar-refractivity contribution in [1.29, 1.82) is 0 Å². The molecule has 1 atom stereocenters. The Hall–Kier alpha value is -0.180. The SMILES string of the molecule is FC(F)[C@H]1CCCN1C1CCCC1. The molecule has 1 saturated carbocycles. The van der Waals surface area contributed by atoms with E-state index < -0.39 is 12.5 Å². The minimum atomic E-state index is -2.14. The van der Waals surface area contributed by atoms with Crippen LogP contribution in [0.1, 0.15) is 38.5 Å². The van der Waals surface area contributed by atoms with Crippen molar-refractivity contribution in [2.45, 2.75) is 57.0 Å². The standard InChI is InChI=1S/C10H17F2N/c11-10(12)9-6-3-7-13(9)8-4-1-2-5-8/h8-10H,1-7H2/t9-/m1/s1. The summed E-state index contributed by atoms with van der Waals surface area (Å²) in [6.07, 6.45) is 4.28. The average Bonchev–Trinajstić information content (AvgIpc) is 2.74. The van der Waals surface area contributed by atoms with Gasteiger partial charge in [-0.2, -0.15) is 0 Å². The van der Waals surface area contributed by atoms with E-state index in [1.54, 1.807) is 0 Å². The Balaban J connectivity index is 1.96. The van der Waals surface area contributed by atoms with Crippen LogP contribution in [0.4, 0.5) is 8.78 Å². The monoisotopic (exact) mass is 189 g/mol. The molecule has 0 bridgehead atoms. The summed E-state index contributed by atoms with van der Waals surface area (Å²) in [4.78, 5) is 2.07. The fourth-order valence-electron chi connectivity index (χ4n) is 2.77. The number of rotatable bonds is 2. The molecule has 76 valence electrons. The molecule has 0 aromatic heterocycles. The van der Waals surface area contributed by atoms with Gasteiger partial charge in [0.15, 0.2) is 0 Å². The van der Waals surface area contributed by atoms with Gasteiger partial charge in [0.05, 0.1) is 6.04 Å². The second-order valence-electron chi connectivity index (χ2n) is 4.22. The van der Waals surface area contributed by atoms with E-state index in [4.69, 9.17) is 0 Å². The van der Waals surface area contributed by atoms with Gasteiger partial charge < -0.3 is 0 Å². The fourth-order valence-corrected chi connectivity index (χ4v) is 2.77. The second-order valence-corrected chi connectivity index (χ2v) is 4.22. The second kappa shape index (κ2) is 3.91. The van der Waals surface area contributed by atoms with Crippen LogP contribution in [0, 0.1) is 0 Å². The zero-order valence-electron chi connectivity index (χ0n) is 7.88. The maximum Gasteiger partial charge on any atom is 0.253 e. The lowest BCUT2D eigenvalue weighted by Gasteiger charge is -2.29. The highest BCUT2D eigenvalue weighted by atomic mass is 19.3. The number of hydrogen-bond donors (Lipinski definition) is 0. The van der Waals surface area contributed by atoms with Gasteiger partial charge in [-0.3, -0.25) is 4.90 Å². The maximum atomic E-state index is 12.6. The van der Waals surface area contributed by atoms with Crippen LogP contribution in [0.3, 0.4) is 0 Å². The first kappa shape index (κ1) is 9.38. The summed E-state index contributed by atoms with van der Waals surface area (Å²) in [6, 6.07) is 0.0459. The van der Waals surface area contributed by atoms with E-state index in [9.17, 15) is 8.78 Å². The van der Waals surface area contributed by atoms with Crippen LogP contribution >= 0.6 is 0 Å². The molecule has 2 aliphatic rings. The third-order valence-corrected chi connectivity index (χ3v) is 3.43. The molecular weight excluding hydrogens is 172 g/mol. The average molecular weight is 189 g/mol. The number of hydrogen-bond acceptors (Lipinski definition) is 1. The van der Waals surface area contributed by atoms with E-state index in [-0.39, 0.29) is 0 Å². The van der Waals surface area contributed by atoms with Gasteiger partial charge >= 0.3 is 0 Å². The van der Waals surface area contributed by atoms with Crippen molar-refractivity contribution in [2.24, 2.45) is 0 Å². The Kier molecular flexibility index (Phi) is 2.82. The lowest BCUT2D eigenvalue weighted by atomic mass is 10.1. The summed E-state index contributed by atoms with van der Waals surface area (Å²) in [7, 11) is 0. The normalized spacial score (nSPS) is 32.1. The van der Waals surface area contributed by atoms with Gasteiger partial charge in [-0.15, -0.1) is 0 Å². The molecule has 1 nitrogen and oxygen atoms in total. The molecule has 0 amide bonds.